The van der Waals surface area contributed by atoms with Gasteiger partial charge >= 0.3 is 0 Å². The lowest BCUT2D eigenvalue weighted by atomic mass is 10.3. The van der Waals surface area contributed by atoms with Crippen LogP contribution in [0.5, 0.6) is 0 Å². The molecule has 4 heteroatoms. The van der Waals surface area contributed by atoms with E-state index in [4.69, 9.17) is 0 Å². The molecule has 0 aliphatic carbocycles. The summed E-state index contributed by atoms with van der Waals surface area (Å²) in [7, 11) is 1.99. The molecule has 2 rings (SSSR count). The van der Waals surface area contributed by atoms with Gasteiger partial charge in [-0.15, -0.1) is 0 Å². The molecule has 1 N–H and O–H groups in total. The molecule has 1 aromatic heterocycles. The average Bonchev–Trinajstić information content (AvgIpc) is 2.41. The second kappa shape index (κ2) is 2.20. The molecule has 0 radical (unpaired) electrons. The topological polar surface area (TPSA) is 29.9 Å². The first-order valence-corrected chi connectivity index (χ1v) is 4.28. The van der Waals surface area contributed by atoms with Gasteiger partial charge in [-0.3, -0.25) is 4.68 Å². The highest BCUT2D eigenvalue weighted by Crippen LogP contribution is 2.19. The van der Waals surface area contributed by atoms with E-state index in [2.05, 4.69) is 33.0 Å². The highest BCUT2D eigenvalue weighted by molar-refractivity contribution is 14.1. The lowest BCUT2D eigenvalue weighted by molar-refractivity contribution is 0.675. The average molecular weight is 249 g/mol. The summed E-state index contributed by atoms with van der Waals surface area (Å²) in [5.41, 5.74) is 2.59. The number of nitrogens with one attached hydrogen (secondary N) is 1. The molecule has 3 nitrogen and oxygen atoms in total. The number of aryl methyl sites for hydroxylation is 1. The summed E-state index contributed by atoms with van der Waals surface area (Å²) in [6.07, 6.45) is 0. The predicted molar refractivity (Wildman–Crippen MR) is 46.5 cm³/mol. The van der Waals surface area contributed by atoms with Gasteiger partial charge in [-0.05, 0) is 22.6 Å². The van der Waals surface area contributed by atoms with Crippen LogP contribution in [0.2, 0.25) is 0 Å². The number of fused-ring (bicyclic) bond motifs is 1. The second-order valence-corrected chi connectivity index (χ2v) is 3.47. The van der Waals surface area contributed by atoms with E-state index < -0.39 is 0 Å². The Kier molecular flexibility index (Phi) is 1.45. The molecule has 0 amide bonds. The van der Waals surface area contributed by atoms with Crippen molar-refractivity contribution in [1.29, 1.82) is 0 Å². The van der Waals surface area contributed by atoms with Crippen molar-refractivity contribution in [1.82, 2.24) is 15.1 Å². The third-order valence-electron chi connectivity index (χ3n) is 1.75. The first-order chi connectivity index (χ1) is 4.79. The summed E-state index contributed by atoms with van der Waals surface area (Å²) in [6.45, 7) is 1.92. The first-order valence-electron chi connectivity index (χ1n) is 3.20. The lowest BCUT2D eigenvalue weighted by Gasteiger charge is -1.93. The van der Waals surface area contributed by atoms with Crippen molar-refractivity contribution in [2.24, 2.45) is 7.05 Å². The molecular formula is C6H8IN3. The second-order valence-electron chi connectivity index (χ2n) is 2.44. The number of hydrogen-bond acceptors (Lipinski definition) is 2. The zero-order valence-corrected chi connectivity index (χ0v) is 7.84. The van der Waals surface area contributed by atoms with Gasteiger partial charge in [0.1, 0.15) is 3.70 Å². The molecule has 0 aromatic carbocycles. The maximum atomic E-state index is 4.34. The Hall–Kier alpha value is -0.100. The van der Waals surface area contributed by atoms with Crippen LogP contribution in [0.25, 0.3) is 0 Å². The predicted octanol–water partition coefficient (Wildman–Crippen LogP) is 0.628. The van der Waals surface area contributed by atoms with Gasteiger partial charge in [-0.1, -0.05) is 0 Å². The van der Waals surface area contributed by atoms with Gasteiger partial charge in [-0.2, -0.15) is 5.10 Å². The van der Waals surface area contributed by atoms with E-state index in [1.807, 2.05) is 11.7 Å². The van der Waals surface area contributed by atoms with Crippen LogP contribution in [0.1, 0.15) is 11.3 Å². The van der Waals surface area contributed by atoms with E-state index >= 15 is 0 Å². The highest BCUT2D eigenvalue weighted by Gasteiger charge is 2.17. The highest BCUT2D eigenvalue weighted by atomic mass is 127. The molecule has 0 atom stereocenters. The van der Waals surface area contributed by atoms with Gasteiger partial charge < -0.3 is 5.32 Å². The fourth-order valence-corrected chi connectivity index (χ4v) is 1.83. The van der Waals surface area contributed by atoms with Crippen molar-refractivity contribution in [3.8, 4) is 0 Å². The van der Waals surface area contributed by atoms with Crippen molar-refractivity contribution >= 4 is 22.6 Å². The summed E-state index contributed by atoms with van der Waals surface area (Å²) in [5, 5.41) is 7.59. The van der Waals surface area contributed by atoms with E-state index in [1.54, 1.807) is 0 Å². The molecule has 10 heavy (non-hydrogen) atoms. The summed E-state index contributed by atoms with van der Waals surface area (Å²) < 4.78 is 3.20. The lowest BCUT2D eigenvalue weighted by Crippen LogP contribution is -2.05. The van der Waals surface area contributed by atoms with Gasteiger partial charge in [0, 0.05) is 25.7 Å². The number of rotatable bonds is 0. The minimum Gasteiger partial charge on any atom is -0.307 e. The maximum Gasteiger partial charge on any atom is 0.103 e. The van der Waals surface area contributed by atoms with Crippen molar-refractivity contribution < 1.29 is 0 Å². The smallest absolute Gasteiger partial charge is 0.103 e. The quantitative estimate of drug-likeness (QED) is 0.683. The number of halogens is 1. The Bertz CT molecular complexity index is 266. The summed E-state index contributed by atoms with van der Waals surface area (Å²) in [5.74, 6) is 0. The monoisotopic (exact) mass is 249 g/mol. The fraction of sp³-hybridized carbons (Fsp3) is 0.500. The van der Waals surface area contributed by atoms with Crippen molar-refractivity contribution in [3.05, 3.63) is 15.0 Å². The van der Waals surface area contributed by atoms with Gasteiger partial charge in [0.25, 0.3) is 0 Å². The van der Waals surface area contributed by atoms with Crippen LogP contribution in [0.4, 0.5) is 0 Å². The summed E-state index contributed by atoms with van der Waals surface area (Å²) in [6, 6.07) is 0. The molecule has 0 fully saturated rings. The number of aromatic nitrogens is 2. The molecular weight excluding hydrogens is 241 g/mol. The van der Waals surface area contributed by atoms with Crippen LogP contribution >= 0.6 is 22.6 Å². The maximum absolute atomic E-state index is 4.34. The third-order valence-corrected chi connectivity index (χ3v) is 3.10. The van der Waals surface area contributed by atoms with Crippen LogP contribution in [-0.4, -0.2) is 9.78 Å². The van der Waals surface area contributed by atoms with Gasteiger partial charge in [-0.25, -0.2) is 0 Å². The minimum absolute atomic E-state index is 0.937. The molecule has 1 aliphatic rings. The van der Waals surface area contributed by atoms with Crippen LogP contribution in [0.15, 0.2) is 0 Å². The number of hydrogen-bond donors (Lipinski definition) is 1. The SMILES string of the molecule is Cn1nc2c(c1I)CNC2. The van der Waals surface area contributed by atoms with Gasteiger partial charge in [0.15, 0.2) is 0 Å². The first kappa shape index (κ1) is 6.60. The van der Waals surface area contributed by atoms with Gasteiger partial charge in [0.2, 0.25) is 0 Å². The zero-order valence-electron chi connectivity index (χ0n) is 5.69. The van der Waals surface area contributed by atoms with Crippen molar-refractivity contribution in [2.75, 3.05) is 0 Å². The third kappa shape index (κ3) is 0.784. The summed E-state index contributed by atoms with van der Waals surface area (Å²) in [4.78, 5) is 0. The van der Waals surface area contributed by atoms with Crippen LogP contribution in [-0.2, 0) is 20.1 Å². The Balaban J connectivity index is 2.59. The van der Waals surface area contributed by atoms with E-state index in [-0.39, 0.29) is 0 Å². The number of nitrogens with zero attached hydrogens (tertiary/aromatic N) is 2. The van der Waals surface area contributed by atoms with E-state index in [9.17, 15) is 0 Å². The molecule has 2 heterocycles. The standard InChI is InChI=1S/C6H8IN3/c1-10-6(7)4-2-8-3-5(4)9-10/h8H,2-3H2,1H3. The normalized spacial score (nSPS) is 15.8. The Labute approximate surface area is 72.9 Å². The van der Waals surface area contributed by atoms with E-state index in [1.165, 1.54) is 15.0 Å². The molecule has 1 aromatic rings. The van der Waals surface area contributed by atoms with Crippen molar-refractivity contribution in [2.45, 2.75) is 13.1 Å². The van der Waals surface area contributed by atoms with Crippen LogP contribution in [0.3, 0.4) is 0 Å². The van der Waals surface area contributed by atoms with Crippen LogP contribution < -0.4 is 5.32 Å². The Morgan fingerprint density at radius 3 is 3.10 bits per heavy atom. The molecule has 54 valence electrons. The molecule has 0 saturated heterocycles. The molecule has 0 spiro atoms. The molecule has 1 aliphatic heterocycles. The molecule has 0 saturated carbocycles. The van der Waals surface area contributed by atoms with Crippen molar-refractivity contribution in [3.63, 3.8) is 0 Å². The minimum atomic E-state index is 0.937. The summed E-state index contributed by atoms with van der Waals surface area (Å²) >= 11 is 2.33. The Morgan fingerprint density at radius 1 is 1.60 bits per heavy atom. The fourth-order valence-electron chi connectivity index (χ4n) is 1.22. The van der Waals surface area contributed by atoms with E-state index in [0.29, 0.717) is 0 Å². The molecule has 0 unspecified atom stereocenters. The van der Waals surface area contributed by atoms with Crippen LogP contribution in [0, 0.1) is 3.70 Å². The molecule has 0 bridgehead atoms. The van der Waals surface area contributed by atoms with E-state index in [0.717, 1.165) is 13.1 Å². The Morgan fingerprint density at radius 2 is 2.40 bits per heavy atom. The zero-order chi connectivity index (χ0) is 7.14. The largest absolute Gasteiger partial charge is 0.307 e. The van der Waals surface area contributed by atoms with Gasteiger partial charge in [0.05, 0.1) is 5.69 Å².